The summed E-state index contributed by atoms with van der Waals surface area (Å²) in [6.07, 6.45) is 1.53. The van der Waals surface area contributed by atoms with Crippen molar-refractivity contribution in [2.24, 2.45) is 0 Å². The van der Waals surface area contributed by atoms with Gasteiger partial charge in [0.05, 0.1) is 50.8 Å². The fourth-order valence-electron chi connectivity index (χ4n) is 4.76. The lowest BCUT2D eigenvalue weighted by Crippen LogP contribution is -2.38. The molecule has 8 heteroatoms. The summed E-state index contributed by atoms with van der Waals surface area (Å²) in [7, 11) is -2.93. The maximum atomic E-state index is 15.1. The number of hydrogen-bond acceptors (Lipinski definition) is 7. The van der Waals surface area contributed by atoms with Crippen molar-refractivity contribution in [3.05, 3.63) is 48.5 Å². The molecule has 0 N–H and O–H groups in total. The normalized spacial score (nSPS) is 28.1. The van der Waals surface area contributed by atoms with Crippen LogP contribution in [0.5, 0.6) is 0 Å². The highest BCUT2D eigenvalue weighted by Crippen LogP contribution is 2.48. The molecule has 0 amide bonds. The molecule has 0 aromatic heterocycles. The van der Waals surface area contributed by atoms with E-state index >= 15 is 4.57 Å². The van der Waals surface area contributed by atoms with Gasteiger partial charge in [-0.15, -0.1) is 0 Å². The first-order chi connectivity index (χ1) is 16.6. The number of benzene rings is 2. The van der Waals surface area contributed by atoms with Crippen LogP contribution in [0.2, 0.25) is 0 Å². The van der Waals surface area contributed by atoms with Crippen molar-refractivity contribution >= 4 is 29.1 Å². The quantitative estimate of drug-likeness (QED) is 0.319. The molecular formula is C26H33N2O5P. The Hall–Kier alpha value is -1.89. The molecule has 0 saturated carbocycles. The predicted molar refractivity (Wildman–Crippen MR) is 134 cm³/mol. The number of hydrogen-bond donors (Lipinski definition) is 0. The van der Waals surface area contributed by atoms with Gasteiger partial charge in [-0.05, 0) is 24.3 Å². The Morgan fingerprint density at radius 3 is 1.29 bits per heavy atom. The van der Waals surface area contributed by atoms with Crippen LogP contribution in [0.25, 0.3) is 0 Å². The van der Waals surface area contributed by atoms with E-state index in [-0.39, 0.29) is 24.4 Å². The van der Waals surface area contributed by atoms with Crippen molar-refractivity contribution in [2.75, 3.05) is 68.6 Å². The number of epoxide rings is 4. The summed E-state index contributed by atoms with van der Waals surface area (Å²) >= 11 is 0. The van der Waals surface area contributed by atoms with Crippen LogP contribution in [0.1, 0.15) is 6.92 Å². The van der Waals surface area contributed by atoms with Gasteiger partial charge in [-0.1, -0.05) is 31.2 Å². The summed E-state index contributed by atoms with van der Waals surface area (Å²) in [4.78, 5) is 4.65. The Labute approximate surface area is 201 Å². The van der Waals surface area contributed by atoms with E-state index in [1.165, 1.54) is 0 Å². The molecule has 0 spiro atoms. The van der Waals surface area contributed by atoms with Gasteiger partial charge in [0.2, 0.25) is 0 Å². The second-order valence-corrected chi connectivity index (χ2v) is 12.7. The summed E-state index contributed by atoms with van der Waals surface area (Å²) < 4.78 is 37.3. The third-order valence-electron chi connectivity index (χ3n) is 6.97. The number of ether oxygens (including phenoxy) is 4. The van der Waals surface area contributed by atoms with Crippen LogP contribution in [0.15, 0.2) is 48.5 Å². The fraction of sp³-hybridized carbons (Fsp3) is 0.538. The predicted octanol–water partition coefficient (Wildman–Crippen LogP) is 2.23. The lowest BCUT2D eigenvalue weighted by Gasteiger charge is -2.32. The zero-order valence-corrected chi connectivity index (χ0v) is 20.6. The fourth-order valence-corrected chi connectivity index (χ4v) is 7.53. The molecule has 4 aliphatic heterocycles. The SMILES string of the molecule is CCP(=O)(c1ccccc1N(CC1CO1)CC1CO1)c1ccccc1N(CC1CO1)CC1CO1. The van der Waals surface area contributed by atoms with Gasteiger partial charge in [-0.2, -0.15) is 0 Å². The Morgan fingerprint density at radius 2 is 1.00 bits per heavy atom. The number of para-hydroxylation sites is 2. The first-order valence-electron chi connectivity index (χ1n) is 12.4. The van der Waals surface area contributed by atoms with E-state index in [4.69, 9.17) is 18.9 Å². The van der Waals surface area contributed by atoms with Gasteiger partial charge in [0.1, 0.15) is 7.14 Å². The van der Waals surface area contributed by atoms with E-state index < -0.39 is 7.14 Å². The van der Waals surface area contributed by atoms with Crippen molar-refractivity contribution in [3.8, 4) is 0 Å². The van der Waals surface area contributed by atoms with Crippen molar-refractivity contribution in [3.63, 3.8) is 0 Å². The topological polar surface area (TPSA) is 73.7 Å². The molecule has 0 bridgehead atoms. The van der Waals surface area contributed by atoms with Crippen molar-refractivity contribution in [1.82, 2.24) is 0 Å². The largest absolute Gasteiger partial charge is 0.371 e. The van der Waals surface area contributed by atoms with Crippen LogP contribution in [-0.2, 0) is 23.5 Å². The second-order valence-electron chi connectivity index (χ2n) is 9.66. The maximum absolute atomic E-state index is 15.1. The van der Waals surface area contributed by atoms with E-state index in [0.29, 0.717) is 6.16 Å². The molecule has 6 rings (SSSR count). The number of anilines is 2. The number of rotatable bonds is 13. The highest BCUT2D eigenvalue weighted by molar-refractivity contribution is 7.79. The van der Waals surface area contributed by atoms with Crippen LogP contribution in [0.3, 0.4) is 0 Å². The maximum Gasteiger partial charge on any atom is 0.147 e. The van der Waals surface area contributed by atoms with Gasteiger partial charge in [0, 0.05) is 54.3 Å². The van der Waals surface area contributed by atoms with Gasteiger partial charge in [-0.25, -0.2) is 0 Å². The van der Waals surface area contributed by atoms with E-state index in [2.05, 4.69) is 34.1 Å². The van der Waals surface area contributed by atoms with E-state index in [1.807, 2.05) is 31.2 Å². The molecule has 2 aromatic carbocycles. The molecule has 4 saturated heterocycles. The first kappa shape index (κ1) is 22.6. The number of nitrogens with zero attached hydrogens (tertiary/aromatic N) is 2. The second kappa shape index (κ2) is 9.29. The monoisotopic (exact) mass is 484 g/mol. The first-order valence-corrected chi connectivity index (χ1v) is 14.3. The van der Waals surface area contributed by atoms with Crippen LogP contribution in [0.4, 0.5) is 11.4 Å². The van der Waals surface area contributed by atoms with Gasteiger partial charge in [0.25, 0.3) is 0 Å². The Bertz CT molecular complexity index is 957. The van der Waals surface area contributed by atoms with Crippen LogP contribution in [-0.4, -0.2) is 83.2 Å². The molecule has 2 aromatic rings. The van der Waals surface area contributed by atoms with Gasteiger partial charge in [0.15, 0.2) is 0 Å². The summed E-state index contributed by atoms with van der Waals surface area (Å²) in [5, 5.41) is 1.85. The highest BCUT2D eigenvalue weighted by Gasteiger charge is 2.38. The van der Waals surface area contributed by atoms with E-state index in [0.717, 1.165) is 74.6 Å². The standard InChI is InChI=1S/C26H33N2O5P/c1-2-34(29,25-9-5-3-7-23(25)27(11-19-15-30-19)12-20-16-31-20)26-10-6-4-8-24(26)28(13-21-17-32-21)14-22-18-33-22/h3-10,19-22H,2,11-18H2,1H3. The lowest BCUT2D eigenvalue weighted by molar-refractivity contribution is 0.389. The molecular weight excluding hydrogens is 451 g/mol. The third kappa shape index (κ3) is 5.05. The highest BCUT2D eigenvalue weighted by atomic mass is 31.2. The molecule has 4 aliphatic rings. The molecule has 4 atom stereocenters. The zero-order valence-electron chi connectivity index (χ0n) is 19.7. The average Bonchev–Trinajstić information content (AvgIpc) is 3.70. The minimum Gasteiger partial charge on any atom is -0.371 e. The minimum atomic E-state index is -2.93. The minimum absolute atomic E-state index is 0.243. The summed E-state index contributed by atoms with van der Waals surface area (Å²) in [5.74, 6) is 0. The summed E-state index contributed by atoms with van der Waals surface area (Å²) in [5.41, 5.74) is 2.08. The molecule has 0 radical (unpaired) electrons. The van der Waals surface area contributed by atoms with Crippen molar-refractivity contribution in [2.45, 2.75) is 31.3 Å². The van der Waals surface area contributed by atoms with Crippen LogP contribution >= 0.6 is 7.14 Å². The average molecular weight is 485 g/mol. The summed E-state index contributed by atoms with van der Waals surface area (Å²) in [6.45, 7) is 8.40. The van der Waals surface area contributed by atoms with Crippen LogP contribution in [0, 0.1) is 0 Å². The molecule has 4 fully saturated rings. The Morgan fingerprint density at radius 1 is 0.676 bits per heavy atom. The molecule has 182 valence electrons. The van der Waals surface area contributed by atoms with E-state index in [1.54, 1.807) is 0 Å². The zero-order chi connectivity index (χ0) is 23.1. The molecule has 4 heterocycles. The Balaban J connectivity index is 1.39. The molecule has 34 heavy (non-hydrogen) atoms. The lowest BCUT2D eigenvalue weighted by atomic mass is 10.2. The van der Waals surface area contributed by atoms with Crippen LogP contribution < -0.4 is 20.4 Å². The Kier molecular flexibility index (Phi) is 6.16. The summed E-state index contributed by atoms with van der Waals surface area (Å²) in [6, 6.07) is 16.4. The van der Waals surface area contributed by atoms with E-state index in [9.17, 15) is 0 Å². The molecule has 0 aliphatic carbocycles. The van der Waals surface area contributed by atoms with Crippen molar-refractivity contribution in [1.29, 1.82) is 0 Å². The van der Waals surface area contributed by atoms with Crippen molar-refractivity contribution < 1.29 is 23.5 Å². The molecule has 7 nitrogen and oxygen atoms in total. The van der Waals surface area contributed by atoms with Gasteiger partial charge < -0.3 is 33.3 Å². The smallest absolute Gasteiger partial charge is 0.147 e. The van der Waals surface area contributed by atoms with Gasteiger partial charge in [-0.3, -0.25) is 0 Å². The molecule has 4 unspecified atom stereocenters. The third-order valence-corrected chi connectivity index (χ3v) is 10.2. The van der Waals surface area contributed by atoms with Gasteiger partial charge >= 0.3 is 0 Å².